The third kappa shape index (κ3) is 4.53. The van der Waals surface area contributed by atoms with E-state index < -0.39 is 24.2 Å². The molecule has 2 aromatic rings. The average Bonchev–Trinajstić information content (AvgIpc) is 2.90. The molecule has 0 radical (unpaired) electrons. The minimum absolute atomic E-state index is 0.106. The Bertz CT molecular complexity index is 834. The molecule has 1 fully saturated rings. The van der Waals surface area contributed by atoms with E-state index in [1.54, 1.807) is 31.2 Å². The Labute approximate surface area is 165 Å². The standard InChI is InChI=1S/C17H19Cl2N5O3/c1-8-20-16(19)13(24-23-11-4-2-10(18)3-5-11)17(21-8)22-12-6-9(7-25)14(26)15(12)27/h2-5,9,12,14-15,25-27H,6-7H2,1H3,(H,20,21,22)/t9-,12-,14-,15+/m1/s1. The number of aliphatic hydroxyl groups excluding tert-OH is 3. The predicted octanol–water partition coefficient (Wildman–Crippen LogP) is 3.02. The van der Waals surface area contributed by atoms with Crippen LogP contribution in [-0.4, -0.2) is 50.1 Å². The molecule has 3 rings (SSSR count). The Balaban J connectivity index is 1.88. The van der Waals surface area contributed by atoms with Crippen molar-refractivity contribution in [3.05, 3.63) is 40.3 Å². The Hall–Kier alpha value is -1.84. The van der Waals surface area contributed by atoms with Gasteiger partial charge in [0.15, 0.2) is 16.7 Å². The highest BCUT2D eigenvalue weighted by Gasteiger charge is 2.41. The predicted molar refractivity (Wildman–Crippen MR) is 102 cm³/mol. The lowest BCUT2D eigenvalue weighted by atomic mass is 10.1. The Morgan fingerprint density at radius 3 is 2.44 bits per heavy atom. The zero-order valence-corrected chi connectivity index (χ0v) is 15.9. The van der Waals surface area contributed by atoms with E-state index >= 15 is 0 Å². The molecule has 1 aliphatic rings. The summed E-state index contributed by atoms with van der Waals surface area (Å²) in [6.07, 6.45) is -1.71. The van der Waals surface area contributed by atoms with Crippen molar-refractivity contribution < 1.29 is 15.3 Å². The molecule has 1 aromatic carbocycles. The lowest BCUT2D eigenvalue weighted by Crippen LogP contribution is -2.35. The highest BCUT2D eigenvalue weighted by atomic mass is 35.5. The minimum atomic E-state index is -1.06. The van der Waals surface area contributed by atoms with Crippen molar-refractivity contribution in [3.63, 3.8) is 0 Å². The van der Waals surface area contributed by atoms with E-state index in [-0.39, 0.29) is 17.4 Å². The number of anilines is 1. The first-order valence-corrected chi connectivity index (χ1v) is 9.09. The maximum Gasteiger partial charge on any atom is 0.165 e. The van der Waals surface area contributed by atoms with Gasteiger partial charge in [0.05, 0.1) is 17.8 Å². The van der Waals surface area contributed by atoms with Crippen LogP contribution in [-0.2, 0) is 0 Å². The fraction of sp³-hybridized carbons (Fsp3) is 0.412. The van der Waals surface area contributed by atoms with Crippen molar-refractivity contribution in [1.82, 2.24) is 9.97 Å². The number of benzene rings is 1. The summed E-state index contributed by atoms with van der Waals surface area (Å²) in [6.45, 7) is 1.46. The number of halogens is 2. The molecule has 0 amide bonds. The quantitative estimate of drug-likeness (QED) is 0.442. The molecule has 0 spiro atoms. The van der Waals surface area contributed by atoms with E-state index in [0.717, 1.165) is 0 Å². The van der Waals surface area contributed by atoms with E-state index in [0.29, 0.717) is 28.8 Å². The van der Waals surface area contributed by atoms with E-state index in [9.17, 15) is 15.3 Å². The summed E-state index contributed by atoms with van der Waals surface area (Å²) in [6, 6.07) is 6.25. The first-order chi connectivity index (χ1) is 12.9. The fourth-order valence-electron chi connectivity index (χ4n) is 2.96. The molecule has 1 saturated carbocycles. The zero-order chi connectivity index (χ0) is 19.6. The number of aliphatic hydroxyl groups is 3. The van der Waals surface area contributed by atoms with Gasteiger partial charge < -0.3 is 20.6 Å². The highest BCUT2D eigenvalue weighted by molar-refractivity contribution is 6.32. The van der Waals surface area contributed by atoms with Crippen molar-refractivity contribution in [1.29, 1.82) is 0 Å². The first kappa shape index (κ1) is 19.9. The largest absolute Gasteiger partial charge is 0.396 e. The number of azo groups is 1. The number of aryl methyl sites for hydroxylation is 1. The summed E-state index contributed by atoms with van der Waals surface area (Å²) in [7, 11) is 0. The molecule has 8 nitrogen and oxygen atoms in total. The summed E-state index contributed by atoms with van der Waals surface area (Å²) in [4.78, 5) is 8.39. The van der Waals surface area contributed by atoms with Crippen LogP contribution in [0.2, 0.25) is 10.2 Å². The molecule has 4 atom stereocenters. The van der Waals surface area contributed by atoms with E-state index in [1.807, 2.05) is 0 Å². The van der Waals surface area contributed by atoms with Crippen molar-refractivity contribution in [3.8, 4) is 0 Å². The van der Waals surface area contributed by atoms with Gasteiger partial charge in [-0.1, -0.05) is 23.2 Å². The molecular formula is C17H19Cl2N5O3. The van der Waals surface area contributed by atoms with Crippen LogP contribution in [0.25, 0.3) is 0 Å². The summed E-state index contributed by atoms with van der Waals surface area (Å²) in [5.74, 6) is 0.287. The molecule has 0 aliphatic heterocycles. The molecule has 1 aromatic heterocycles. The lowest BCUT2D eigenvalue weighted by molar-refractivity contribution is 0.00446. The van der Waals surface area contributed by atoms with Crippen LogP contribution in [0.15, 0.2) is 34.5 Å². The van der Waals surface area contributed by atoms with Gasteiger partial charge in [0, 0.05) is 17.5 Å². The SMILES string of the molecule is Cc1nc(Cl)c(N=Nc2ccc(Cl)cc2)c(N[C@@H]2C[C@H](CO)[C@@H](O)[C@H]2O)n1. The molecular weight excluding hydrogens is 393 g/mol. The summed E-state index contributed by atoms with van der Waals surface area (Å²) in [5.41, 5.74) is 0.782. The van der Waals surface area contributed by atoms with Crippen LogP contribution in [0.1, 0.15) is 12.2 Å². The molecule has 1 aliphatic carbocycles. The second-order valence-corrected chi connectivity index (χ2v) is 7.14. The molecule has 0 saturated heterocycles. The monoisotopic (exact) mass is 411 g/mol. The second-order valence-electron chi connectivity index (χ2n) is 6.35. The van der Waals surface area contributed by atoms with Crippen LogP contribution in [0.3, 0.4) is 0 Å². The zero-order valence-electron chi connectivity index (χ0n) is 14.4. The molecule has 4 N–H and O–H groups in total. The molecule has 27 heavy (non-hydrogen) atoms. The molecule has 0 unspecified atom stereocenters. The smallest absolute Gasteiger partial charge is 0.165 e. The summed E-state index contributed by atoms with van der Waals surface area (Å²) >= 11 is 12.1. The van der Waals surface area contributed by atoms with Crippen molar-refractivity contribution in [2.45, 2.75) is 31.6 Å². The normalized spacial score (nSPS) is 25.3. The molecule has 0 bridgehead atoms. The van der Waals surface area contributed by atoms with Crippen LogP contribution in [0.5, 0.6) is 0 Å². The van der Waals surface area contributed by atoms with Gasteiger partial charge in [0.25, 0.3) is 0 Å². The Morgan fingerprint density at radius 1 is 1.11 bits per heavy atom. The van der Waals surface area contributed by atoms with Gasteiger partial charge in [-0.3, -0.25) is 0 Å². The van der Waals surface area contributed by atoms with E-state index in [1.165, 1.54) is 0 Å². The number of hydrogen-bond donors (Lipinski definition) is 4. The maximum absolute atomic E-state index is 10.2. The molecule has 1 heterocycles. The first-order valence-electron chi connectivity index (χ1n) is 8.34. The van der Waals surface area contributed by atoms with E-state index in [2.05, 4.69) is 25.5 Å². The van der Waals surface area contributed by atoms with Crippen LogP contribution >= 0.6 is 23.2 Å². The maximum atomic E-state index is 10.2. The summed E-state index contributed by atoms with van der Waals surface area (Å²) < 4.78 is 0. The number of hydrogen-bond acceptors (Lipinski definition) is 8. The van der Waals surface area contributed by atoms with Crippen molar-refractivity contribution in [2.75, 3.05) is 11.9 Å². The Morgan fingerprint density at radius 2 is 1.81 bits per heavy atom. The highest BCUT2D eigenvalue weighted by Crippen LogP contribution is 2.35. The topological polar surface area (TPSA) is 123 Å². The van der Waals surface area contributed by atoms with Gasteiger partial charge in [-0.25, -0.2) is 9.97 Å². The number of rotatable bonds is 5. The van der Waals surface area contributed by atoms with Crippen molar-refractivity contribution >= 4 is 40.4 Å². The second kappa shape index (κ2) is 8.45. The average molecular weight is 412 g/mol. The van der Waals surface area contributed by atoms with Gasteiger partial charge >= 0.3 is 0 Å². The van der Waals surface area contributed by atoms with Crippen LogP contribution < -0.4 is 5.32 Å². The third-order valence-corrected chi connectivity index (χ3v) is 4.92. The van der Waals surface area contributed by atoms with Crippen LogP contribution in [0, 0.1) is 12.8 Å². The van der Waals surface area contributed by atoms with Gasteiger partial charge in [0.1, 0.15) is 11.9 Å². The lowest BCUT2D eigenvalue weighted by Gasteiger charge is -2.19. The Kier molecular flexibility index (Phi) is 6.23. The molecule has 10 heteroatoms. The van der Waals surface area contributed by atoms with Gasteiger partial charge in [-0.15, -0.1) is 5.11 Å². The van der Waals surface area contributed by atoms with Gasteiger partial charge in [0.2, 0.25) is 0 Å². The number of nitrogens with zero attached hydrogens (tertiary/aromatic N) is 4. The van der Waals surface area contributed by atoms with Gasteiger partial charge in [-0.2, -0.15) is 5.11 Å². The van der Waals surface area contributed by atoms with Crippen molar-refractivity contribution in [2.24, 2.45) is 16.1 Å². The number of aromatic nitrogens is 2. The molecule has 144 valence electrons. The number of nitrogens with one attached hydrogen (secondary N) is 1. The van der Waals surface area contributed by atoms with Gasteiger partial charge in [-0.05, 0) is 37.6 Å². The van der Waals surface area contributed by atoms with Crippen LogP contribution in [0.4, 0.5) is 17.2 Å². The minimum Gasteiger partial charge on any atom is -0.396 e. The van der Waals surface area contributed by atoms with E-state index in [4.69, 9.17) is 23.2 Å². The third-order valence-electron chi connectivity index (χ3n) is 4.40. The summed E-state index contributed by atoms with van der Waals surface area (Å²) in [5, 5.41) is 41.5. The fourth-order valence-corrected chi connectivity index (χ4v) is 3.34.